The number of halogens is 2. The lowest BCUT2D eigenvalue weighted by Gasteiger charge is -2.12. The van der Waals surface area contributed by atoms with Crippen molar-refractivity contribution in [3.8, 4) is 22.9 Å². The van der Waals surface area contributed by atoms with E-state index in [2.05, 4.69) is 15.2 Å². The fourth-order valence-electron chi connectivity index (χ4n) is 3.21. The van der Waals surface area contributed by atoms with Crippen LogP contribution < -0.4 is 10.3 Å². The molecule has 10 heteroatoms. The molecule has 0 amide bonds. The van der Waals surface area contributed by atoms with Gasteiger partial charge in [-0.25, -0.2) is 9.07 Å². The van der Waals surface area contributed by atoms with Crippen molar-refractivity contribution in [3.05, 3.63) is 52.7 Å². The molecule has 0 saturated carbocycles. The van der Waals surface area contributed by atoms with Gasteiger partial charge in [0.05, 0.1) is 12.4 Å². The van der Waals surface area contributed by atoms with E-state index >= 15 is 0 Å². The van der Waals surface area contributed by atoms with Gasteiger partial charge >= 0.3 is 6.01 Å². The second-order valence-electron chi connectivity index (χ2n) is 7.82. The maximum atomic E-state index is 14.8. The first kappa shape index (κ1) is 20.7. The number of hydrogen-bond donors (Lipinski definition) is 0. The van der Waals surface area contributed by atoms with E-state index in [-0.39, 0.29) is 29.4 Å². The average Bonchev–Trinajstić information content (AvgIpc) is 3.37. The predicted octanol–water partition coefficient (Wildman–Crippen LogP) is 4.23. The summed E-state index contributed by atoms with van der Waals surface area (Å²) < 4.78 is 39.5. The molecule has 0 unspecified atom stereocenters. The number of benzene rings is 1. The zero-order valence-electron chi connectivity index (χ0n) is 17.8. The van der Waals surface area contributed by atoms with E-state index in [0.29, 0.717) is 16.6 Å². The van der Waals surface area contributed by atoms with Gasteiger partial charge in [0.2, 0.25) is 5.82 Å². The minimum absolute atomic E-state index is 0.0508. The highest BCUT2D eigenvalue weighted by atomic mass is 19.2. The fourth-order valence-corrected chi connectivity index (χ4v) is 3.21. The molecule has 4 aromatic rings. The Kier molecular flexibility index (Phi) is 5.08. The van der Waals surface area contributed by atoms with Crippen LogP contribution in [0.15, 0.2) is 35.5 Å². The molecule has 0 saturated heterocycles. The van der Waals surface area contributed by atoms with Gasteiger partial charge in [-0.1, -0.05) is 0 Å². The molecule has 162 valence electrons. The number of aromatic nitrogens is 6. The van der Waals surface area contributed by atoms with Gasteiger partial charge in [0.25, 0.3) is 5.56 Å². The minimum Gasteiger partial charge on any atom is -0.422 e. The van der Waals surface area contributed by atoms with E-state index in [4.69, 9.17) is 4.74 Å². The number of hydrogen-bond acceptors (Lipinski definition) is 5. The van der Waals surface area contributed by atoms with Gasteiger partial charge in [-0.2, -0.15) is 19.6 Å². The topological polar surface area (TPSA) is 79.8 Å². The zero-order chi connectivity index (χ0) is 22.4. The largest absolute Gasteiger partial charge is 0.422 e. The van der Waals surface area contributed by atoms with Crippen LogP contribution in [0, 0.1) is 11.6 Å². The summed E-state index contributed by atoms with van der Waals surface area (Å²) in [5, 5.41) is 8.65. The average molecular weight is 428 g/mol. The van der Waals surface area contributed by atoms with Crippen molar-refractivity contribution < 1.29 is 13.5 Å². The van der Waals surface area contributed by atoms with Crippen molar-refractivity contribution >= 4 is 11.0 Å². The standard InChI is InChI=1S/C21H22F2N6O2/c1-11(2)28-10-13(8-24-28)14-6-7-16(18(23)17(14)22)31-21-26-19-15(20(30)27(21)5)9-25-29(19)12(3)4/h6-12H,1-5H3. The summed E-state index contributed by atoms with van der Waals surface area (Å²) in [6, 6.07) is 2.58. The minimum atomic E-state index is -1.18. The summed E-state index contributed by atoms with van der Waals surface area (Å²) >= 11 is 0. The summed E-state index contributed by atoms with van der Waals surface area (Å²) in [5.41, 5.74) is 0.425. The SMILES string of the molecule is CC(C)n1cc(-c2ccc(Oc3nc4c(cnn4C(C)C)c(=O)n3C)c(F)c2F)cn1. The zero-order valence-corrected chi connectivity index (χ0v) is 17.8. The highest BCUT2D eigenvalue weighted by molar-refractivity contribution is 5.74. The molecule has 0 bridgehead atoms. The number of rotatable bonds is 5. The molecule has 0 N–H and O–H groups in total. The maximum absolute atomic E-state index is 14.8. The van der Waals surface area contributed by atoms with Gasteiger partial charge in [-0.3, -0.25) is 14.0 Å². The molecule has 0 aliphatic carbocycles. The first-order valence-electron chi connectivity index (χ1n) is 9.83. The molecule has 3 heterocycles. The third-order valence-electron chi connectivity index (χ3n) is 4.97. The van der Waals surface area contributed by atoms with Crippen LogP contribution in [0.1, 0.15) is 39.8 Å². The third-order valence-corrected chi connectivity index (χ3v) is 4.97. The lowest BCUT2D eigenvalue weighted by Crippen LogP contribution is -2.20. The molecule has 0 spiro atoms. The van der Waals surface area contributed by atoms with E-state index in [9.17, 15) is 13.6 Å². The predicted molar refractivity (Wildman–Crippen MR) is 111 cm³/mol. The summed E-state index contributed by atoms with van der Waals surface area (Å²) in [7, 11) is 1.44. The smallest absolute Gasteiger partial charge is 0.306 e. The monoisotopic (exact) mass is 428 g/mol. The van der Waals surface area contributed by atoms with Crippen LogP contribution >= 0.6 is 0 Å². The van der Waals surface area contributed by atoms with Gasteiger partial charge < -0.3 is 4.74 Å². The Morgan fingerprint density at radius 2 is 1.74 bits per heavy atom. The molecule has 1 aromatic carbocycles. The van der Waals surface area contributed by atoms with Crippen molar-refractivity contribution in [2.75, 3.05) is 0 Å². The van der Waals surface area contributed by atoms with Crippen LogP contribution in [0.5, 0.6) is 11.8 Å². The van der Waals surface area contributed by atoms with Crippen LogP contribution in [0.3, 0.4) is 0 Å². The first-order valence-corrected chi connectivity index (χ1v) is 9.83. The van der Waals surface area contributed by atoms with Gasteiger partial charge in [-0.15, -0.1) is 0 Å². The molecule has 0 aliphatic rings. The number of nitrogens with zero attached hydrogens (tertiary/aromatic N) is 6. The highest BCUT2D eigenvalue weighted by Gasteiger charge is 2.21. The van der Waals surface area contributed by atoms with Crippen molar-refractivity contribution in [1.29, 1.82) is 0 Å². The molecule has 31 heavy (non-hydrogen) atoms. The van der Waals surface area contributed by atoms with E-state index in [1.807, 2.05) is 27.7 Å². The van der Waals surface area contributed by atoms with E-state index in [1.165, 1.54) is 31.6 Å². The Balaban J connectivity index is 1.75. The van der Waals surface area contributed by atoms with E-state index in [1.54, 1.807) is 15.6 Å². The van der Waals surface area contributed by atoms with Gasteiger partial charge in [-0.05, 0) is 39.8 Å². The van der Waals surface area contributed by atoms with Crippen LogP contribution in [0.25, 0.3) is 22.2 Å². The molecular weight excluding hydrogens is 406 g/mol. The quantitative estimate of drug-likeness (QED) is 0.475. The number of fused-ring (bicyclic) bond motifs is 1. The Labute approximate surface area is 176 Å². The lowest BCUT2D eigenvalue weighted by atomic mass is 10.1. The fraction of sp³-hybridized carbons (Fsp3) is 0.333. The molecular formula is C21H22F2N6O2. The molecule has 0 atom stereocenters. The van der Waals surface area contributed by atoms with Crippen molar-refractivity contribution in [2.24, 2.45) is 7.05 Å². The van der Waals surface area contributed by atoms with E-state index in [0.717, 1.165) is 4.57 Å². The van der Waals surface area contributed by atoms with Gasteiger partial charge in [0.1, 0.15) is 5.39 Å². The Hall–Kier alpha value is -3.56. The summed E-state index contributed by atoms with van der Waals surface area (Å²) in [4.78, 5) is 17.0. The molecule has 4 rings (SSSR count). The Morgan fingerprint density at radius 1 is 1.00 bits per heavy atom. The van der Waals surface area contributed by atoms with Gasteiger partial charge in [0.15, 0.2) is 17.2 Å². The van der Waals surface area contributed by atoms with Crippen LogP contribution in [-0.4, -0.2) is 29.1 Å². The molecule has 0 radical (unpaired) electrons. The summed E-state index contributed by atoms with van der Waals surface area (Å²) in [6.07, 6.45) is 4.56. The Morgan fingerprint density at radius 3 is 2.39 bits per heavy atom. The van der Waals surface area contributed by atoms with Gasteiger partial charge in [0, 0.05) is 36.5 Å². The molecule has 0 aliphatic heterocycles. The summed E-state index contributed by atoms with van der Waals surface area (Å²) in [5.74, 6) is -2.63. The molecule has 8 nitrogen and oxygen atoms in total. The van der Waals surface area contributed by atoms with Crippen LogP contribution in [0.2, 0.25) is 0 Å². The third kappa shape index (κ3) is 3.47. The highest BCUT2D eigenvalue weighted by Crippen LogP contribution is 2.32. The maximum Gasteiger partial charge on any atom is 0.306 e. The van der Waals surface area contributed by atoms with Crippen molar-refractivity contribution in [3.63, 3.8) is 0 Å². The van der Waals surface area contributed by atoms with Crippen molar-refractivity contribution in [2.45, 2.75) is 39.8 Å². The number of ether oxygens (including phenoxy) is 1. The lowest BCUT2D eigenvalue weighted by molar-refractivity contribution is 0.376. The second-order valence-corrected chi connectivity index (χ2v) is 7.82. The van der Waals surface area contributed by atoms with Crippen LogP contribution in [-0.2, 0) is 7.05 Å². The first-order chi connectivity index (χ1) is 14.7. The Bertz CT molecular complexity index is 1340. The normalized spacial score (nSPS) is 11.8. The second kappa shape index (κ2) is 7.60. The van der Waals surface area contributed by atoms with E-state index < -0.39 is 17.2 Å². The summed E-state index contributed by atoms with van der Waals surface area (Å²) in [6.45, 7) is 7.65. The van der Waals surface area contributed by atoms with Crippen molar-refractivity contribution in [1.82, 2.24) is 29.1 Å². The van der Waals surface area contributed by atoms with Crippen LogP contribution in [0.4, 0.5) is 8.78 Å². The molecule has 0 fully saturated rings. The molecule has 3 aromatic heterocycles.